The Balaban J connectivity index is 2.87. The molecule has 1 rings (SSSR count). The number of aliphatic hydroxyl groups is 2. The standard InChI is InChI=1S/C13H25BFO6P/c1-5-12(3,21-22(18,19)13(4,17)6-2)7-8-10(16)9(15)11(14)20-8/h8-11,16-17H,5-7H2,1-4H3,(H,18,19)/t8-,9-,10-,11-,12?,13?/m1/s1. The second-order valence-corrected chi connectivity index (χ2v) is 8.45. The molecule has 0 aromatic heterocycles. The van der Waals surface area contributed by atoms with Gasteiger partial charge in [0.25, 0.3) is 0 Å². The molecule has 1 aliphatic rings. The van der Waals surface area contributed by atoms with Crippen LogP contribution in [0.15, 0.2) is 0 Å². The molecule has 1 fully saturated rings. The van der Waals surface area contributed by atoms with Gasteiger partial charge >= 0.3 is 7.60 Å². The van der Waals surface area contributed by atoms with E-state index in [0.717, 1.165) is 0 Å². The maximum absolute atomic E-state index is 13.5. The molecule has 0 aromatic carbocycles. The van der Waals surface area contributed by atoms with Crippen LogP contribution in [-0.4, -0.2) is 58.3 Å². The molecule has 22 heavy (non-hydrogen) atoms. The first-order chi connectivity index (χ1) is 9.89. The van der Waals surface area contributed by atoms with Crippen molar-refractivity contribution in [2.24, 2.45) is 0 Å². The van der Waals surface area contributed by atoms with Crippen LogP contribution in [0.1, 0.15) is 47.0 Å². The molecule has 2 radical (unpaired) electrons. The van der Waals surface area contributed by atoms with Crippen molar-refractivity contribution in [2.75, 3.05) is 0 Å². The van der Waals surface area contributed by atoms with Crippen molar-refractivity contribution in [3.05, 3.63) is 0 Å². The van der Waals surface area contributed by atoms with Crippen LogP contribution in [0, 0.1) is 0 Å². The lowest BCUT2D eigenvalue weighted by molar-refractivity contribution is -0.0433. The van der Waals surface area contributed by atoms with Gasteiger partial charge in [0.1, 0.15) is 20.1 Å². The van der Waals surface area contributed by atoms with Crippen LogP contribution < -0.4 is 0 Å². The molecule has 9 heteroatoms. The fraction of sp³-hybridized carbons (Fsp3) is 1.00. The normalized spacial score (nSPS) is 37.3. The van der Waals surface area contributed by atoms with Gasteiger partial charge in [-0.05, 0) is 26.7 Å². The number of hydrogen-bond donors (Lipinski definition) is 3. The molecule has 0 amide bonds. The molecule has 1 saturated heterocycles. The fourth-order valence-corrected chi connectivity index (χ4v) is 3.59. The molecule has 0 aromatic rings. The summed E-state index contributed by atoms with van der Waals surface area (Å²) in [5, 5.41) is 17.9. The van der Waals surface area contributed by atoms with E-state index in [9.17, 15) is 24.1 Å². The average molecular weight is 338 g/mol. The van der Waals surface area contributed by atoms with Gasteiger partial charge in [-0.2, -0.15) is 0 Å². The second kappa shape index (κ2) is 6.87. The predicted molar refractivity (Wildman–Crippen MR) is 80.5 cm³/mol. The minimum atomic E-state index is -4.35. The number of rotatable bonds is 7. The van der Waals surface area contributed by atoms with Crippen molar-refractivity contribution in [2.45, 2.75) is 82.3 Å². The van der Waals surface area contributed by atoms with E-state index in [1.165, 1.54) is 6.92 Å². The number of alkyl halides is 1. The van der Waals surface area contributed by atoms with Gasteiger partial charge in [0.05, 0.1) is 17.7 Å². The third-order valence-corrected chi connectivity index (χ3v) is 6.58. The summed E-state index contributed by atoms with van der Waals surface area (Å²) >= 11 is 0. The van der Waals surface area contributed by atoms with E-state index in [1.807, 2.05) is 0 Å². The van der Waals surface area contributed by atoms with Gasteiger partial charge < -0.3 is 24.4 Å². The quantitative estimate of drug-likeness (QED) is 0.480. The maximum atomic E-state index is 13.5. The summed E-state index contributed by atoms with van der Waals surface area (Å²) in [6, 6.07) is -1.24. The van der Waals surface area contributed by atoms with Crippen molar-refractivity contribution in [3.63, 3.8) is 0 Å². The predicted octanol–water partition coefficient (Wildman–Crippen LogP) is 1.46. The summed E-state index contributed by atoms with van der Waals surface area (Å²) < 4.78 is 36.3. The van der Waals surface area contributed by atoms with Crippen molar-refractivity contribution in [1.29, 1.82) is 0 Å². The van der Waals surface area contributed by atoms with Crippen LogP contribution in [-0.2, 0) is 13.8 Å². The molecule has 0 bridgehead atoms. The first kappa shape index (κ1) is 20.1. The monoisotopic (exact) mass is 338 g/mol. The van der Waals surface area contributed by atoms with E-state index in [4.69, 9.17) is 17.1 Å². The summed E-state index contributed by atoms with van der Waals surface area (Å²) in [6.45, 7) is 6.05. The zero-order chi connectivity index (χ0) is 17.3. The lowest BCUT2D eigenvalue weighted by Crippen LogP contribution is -2.39. The van der Waals surface area contributed by atoms with Gasteiger partial charge in [0.2, 0.25) is 0 Å². The lowest BCUT2D eigenvalue weighted by atomic mass is 9.90. The molecular formula is C13H25BFO6P. The Morgan fingerprint density at radius 3 is 2.27 bits per heavy atom. The number of hydrogen-bond acceptors (Lipinski definition) is 5. The first-order valence-corrected chi connectivity index (χ1v) is 8.96. The number of aliphatic hydroxyl groups excluding tert-OH is 1. The summed E-state index contributed by atoms with van der Waals surface area (Å²) in [5.41, 5.74) is -1.18. The summed E-state index contributed by atoms with van der Waals surface area (Å²) in [5.74, 6) is 0. The van der Waals surface area contributed by atoms with E-state index in [0.29, 0.717) is 6.42 Å². The van der Waals surface area contributed by atoms with Gasteiger partial charge in [0, 0.05) is 6.42 Å². The second-order valence-electron chi connectivity index (χ2n) is 6.26. The first-order valence-electron chi connectivity index (χ1n) is 7.38. The Morgan fingerprint density at radius 1 is 1.36 bits per heavy atom. The average Bonchev–Trinajstić information content (AvgIpc) is 2.65. The van der Waals surface area contributed by atoms with Crippen LogP contribution in [0.5, 0.6) is 0 Å². The van der Waals surface area contributed by atoms with Gasteiger partial charge in [-0.3, -0.25) is 4.57 Å². The fourth-order valence-electron chi connectivity index (χ4n) is 2.19. The van der Waals surface area contributed by atoms with Crippen LogP contribution >= 0.6 is 7.60 Å². The van der Waals surface area contributed by atoms with E-state index >= 15 is 0 Å². The van der Waals surface area contributed by atoms with Gasteiger partial charge in [-0.15, -0.1) is 0 Å². The van der Waals surface area contributed by atoms with Gasteiger partial charge in [0.15, 0.2) is 5.34 Å². The molecule has 3 N–H and O–H groups in total. The van der Waals surface area contributed by atoms with E-state index in [-0.39, 0.29) is 12.8 Å². The summed E-state index contributed by atoms with van der Waals surface area (Å²) in [4.78, 5) is 10.0. The Kier molecular flexibility index (Phi) is 6.27. The van der Waals surface area contributed by atoms with Crippen LogP contribution in [0.25, 0.3) is 0 Å². The Labute approximate surface area is 132 Å². The zero-order valence-electron chi connectivity index (χ0n) is 13.4. The summed E-state index contributed by atoms with van der Waals surface area (Å²) in [7, 11) is 1.05. The highest BCUT2D eigenvalue weighted by Crippen LogP contribution is 2.59. The molecule has 3 unspecified atom stereocenters. The third kappa shape index (κ3) is 4.10. The van der Waals surface area contributed by atoms with Crippen molar-refractivity contribution in [3.8, 4) is 0 Å². The smallest absolute Gasteiger partial charge is 0.359 e. The van der Waals surface area contributed by atoms with Crippen LogP contribution in [0.4, 0.5) is 4.39 Å². The third-order valence-electron chi connectivity index (χ3n) is 4.36. The molecule has 1 heterocycles. The molecule has 7 atom stereocenters. The summed E-state index contributed by atoms with van der Waals surface area (Å²) in [6.07, 6.45) is -3.78. The molecule has 0 aliphatic carbocycles. The minimum absolute atomic E-state index is 0.0247. The topological polar surface area (TPSA) is 96.2 Å². The molecule has 0 spiro atoms. The number of ether oxygens (including phenoxy) is 1. The van der Waals surface area contributed by atoms with Crippen molar-refractivity contribution < 1.29 is 33.3 Å². The highest BCUT2D eigenvalue weighted by atomic mass is 31.2. The van der Waals surface area contributed by atoms with E-state index in [1.54, 1.807) is 20.8 Å². The lowest BCUT2D eigenvalue weighted by Gasteiger charge is -2.37. The molecular weight excluding hydrogens is 313 g/mol. The molecule has 1 aliphatic heterocycles. The zero-order valence-corrected chi connectivity index (χ0v) is 14.3. The Hall–Kier alpha value is 0.0249. The van der Waals surface area contributed by atoms with E-state index < -0.39 is 42.9 Å². The molecule has 0 saturated carbocycles. The highest BCUT2D eigenvalue weighted by Gasteiger charge is 2.49. The maximum Gasteiger partial charge on any atom is 0.359 e. The van der Waals surface area contributed by atoms with Crippen LogP contribution in [0.3, 0.4) is 0 Å². The highest BCUT2D eigenvalue weighted by molar-refractivity contribution is 7.54. The molecule has 6 nitrogen and oxygen atoms in total. The Bertz CT molecular complexity index is 437. The number of halogens is 1. The van der Waals surface area contributed by atoms with E-state index in [2.05, 4.69) is 0 Å². The van der Waals surface area contributed by atoms with Crippen molar-refractivity contribution in [1.82, 2.24) is 0 Å². The molecule has 128 valence electrons. The van der Waals surface area contributed by atoms with Gasteiger partial charge in [-0.1, -0.05) is 13.8 Å². The van der Waals surface area contributed by atoms with Gasteiger partial charge in [-0.25, -0.2) is 4.39 Å². The van der Waals surface area contributed by atoms with Crippen LogP contribution in [0.2, 0.25) is 0 Å². The minimum Gasteiger partial charge on any atom is -0.387 e. The SMILES string of the molecule is [B][C@@H]1O[C@H](CC(C)(CC)OP(=O)(O)C(C)(O)CC)[C@@H](O)[C@H]1F. The van der Waals surface area contributed by atoms with Crippen molar-refractivity contribution >= 4 is 15.4 Å². The largest absolute Gasteiger partial charge is 0.387 e. The Morgan fingerprint density at radius 2 is 1.91 bits per heavy atom.